The van der Waals surface area contributed by atoms with E-state index in [0.717, 1.165) is 28.1 Å². The van der Waals surface area contributed by atoms with E-state index in [0.29, 0.717) is 36.6 Å². The molecule has 35 heavy (non-hydrogen) atoms. The normalized spacial score (nSPS) is 18.0. The van der Waals surface area contributed by atoms with Crippen LogP contribution in [0.4, 0.5) is 11.5 Å². The molecule has 0 atom stereocenters. The Morgan fingerprint density at radius 2 is 2.03 bits per heavy atom. The number of nitrogens with one attached hydrogen (secondary N) is 1. The zero-order chi connectivity index (χ0) is 25.5. The molecule has 0 bridgehead atoms. The molecule has 1 fully saturated rings. The predicted molar refractivity (Wildman–Crippen MR) is 144 cm³/mol. The van der Waals surface area contributed by atoms with Crippen molar-refractivity contribution in [3.05, 3.63) is 52.0 Å². The molecule has 1 saturated heterocycles. The Morgan fingerprint density at radius 3 is 2.66 bits per heavy atom. The molecule has 0 unspecified atom stereocenters. The summed E-state index contributed by atoms with van der Waals surface area (Å²) in [5.41, 5.74) is 9.49. The average molecular weight is 562 g/mol. The molecule has 2 aliphatic rings. The van der Waals surface area contributed by atoms with Gasteiger partial charge in [0.1, 0.15) is 28.3 Å². The molecule has 2 aliphatic heterocycles. The Kier molecular flexibility index (Phi) is 6.87. The lowest BCUT2D eigenvalue weighted by Crippen LogP contribution is -2.60. The van der Waals surface area contributed by atoms with Crippen molar-refractivity contribution >= 4 is 54.8 Å². The summed E-state index contributed by atoms with van der Waals surface area (Å²) in [5.74, 6) is 0.901. The van der Waals surface area contributed by atoms with Crippen molar-refractivity contribution < 1.29 is 13.0 Å². The molecule has 4 rings (SSSR count). The van der Waals surface area contributed by atoms with E-state index in [-0.39, 0.29) is 17.0 Å². The summed E-state index contributed by atoms with van der Waals surface area (Å²) >= 11 is 3.63. The topological polar surface area (TPSA) is 119 Å². The first kappa shape index (κ1) is 25.5. The zero-order valence-corrected chi connectivity index (χ0v) is 22.8. The van der Waals surface area contributed by atoms with Crippen molar-refractivity contribution in [1.82, 2.24) is 14.9 Å². The molecule has 0 aromatic carbocycles. The molecule has 0 saturated carbocycles. The minimum absolute atomic E-state index is 0.144. The van der Waals surface area contributed by atoms with Crippen LogP contribution in [0.15, 0.2) is 35.1 Å². The van der Waals surface area contributed by atoms with Crippen LogP contribution < -0.4 is 10.6 Å². The lowest BCUT2D eigenvalue weighted by Gasteiger charge is -2.47. The van der Waals surface area contributed by atoms with Crippen molar-refractivity contribution in [2.45, 2.75) is 19.4 Å². The Labute approximate surface area is 214 Å². The first-order valence-corrected chi connectivity index (χ1v) is 14.2. The Bertz CT molecular complexity index is 1350. The van der Waals surface area contributed by atoms with Gasteiger partial charge in [-0.25, -0.2) is 18.0 Å². The molecule has 4 heterocycles. The molecule has 0 aliphatic carbocycles. The highest BCUT2D eigenvalue weighted by molar-refractivity contribution is 9.10. The minimum Gasteiger partial charge on any atom is -0.397 e. The Morgan fingerprint density at radius 1 is 1.31 bits per heavy atom. The summed E-state index contributed by atoms with van der Waals surface area (Å²) in [6.45, 7) is 6.84. The second-order valence-corrected chi connectivity index (χ2v) is 12.9. The first-order valence-electron chi connectivity index (χ1n) is 11.3. The summed E-state index contributed by atoms with van der Waals surface area (Å²) in [6.07, 6.45) is 6.80. The molecule has 0 amide bonds. The van der Waals surface area contributed by atoms with Crippen LogP contribution in [-0.4, -0.2) is 90.6 Å². The van der Waals surface area contributed by atoms with E-state index in [1.54, 1.807) is 6.20 Å². The average Bonchev–Trinajstić information content (AvgIpc) is 2.75. The van der Waals surface area contributed by atoms with Crippen LogP contribution in [0.25, 0.3) is 5.57 Å². The number of hydrogen-bond acceptors (Lipinski definition) is 8. The van der Waals surface area contributed by atoms with Gasteiger partial charge in [0.05, 0.1) is 39.2 Å². The number of rotatable bonds is 7. The molecule has 0 radical (unpaired) electrons. The van der Waals surface area contributed by atoms with Gasteiger partial charge in [0, 0.05) is 43.5 Å². The van der Waals surface area contributed by atoms with Gasteiger partial charge in [0.15, 0.2) is 12.4 Å². The third-order valence-corrected chi connectivity index (χ3v) is 7.92. The van der Waals surface area contributed by atoms with E-state index in [4.69, 9.17) is 16.1 Å². The summed E-state index contributed by atoms with van der Waals surface area (Å²) in [7, 11) is -1.07. The molecule has 2 aromatic rings. The van der Waals surface area contributed by atoms with E-state index in [2.05, 4.69) is 44.6 Å². The standard InChI is InChI=1S/C24H31BrN7O2S/c1-24(2)15-31(7-8-32(24)9-10-35(4,33)34)23-18(25)5-6-20(29-23)22(27)17-11-21(28-12-19(17)26)16-13-30(3)14-16/h5-6,11-14,27H,7-10,15,26H2,1-4H3/q+1. The van der Waals surface area contributed by atoms with Crippen molar-refractivity contribution in [3.8, 4) is 0 Å². The highest BCUT2D eigenvalue weighted by atomic mass is 79.9. The minimum atomic E-state index is -3.02. The maximum absolute atomic E-state index is 11.7. The number of aromatic nitrogens is 2. The number of hydrogen-bond donors (Lipinski definition) is 2. The van der Waals surface area contributed by atoms with E-state index in [1.807, 2.05) is 42.2 Å². The van der Waals surface area contributed by atoms with Gasteiger partial charge in [0.2, 0.25) is 0 Å². The molecule has 186 valence electrons. The highest BCUT2D eigenvalue weighted by Crippen LogP contribution is 2.31. The van der Waals surface area contributed by atoms with E-state index >= 15 is 0 Å². The Balaban J connectivity index is 1.57. The molecule has 2 aromatic heterocycles. The zero-order valence-electron chi connectivity index (χ0n) is 20.4. The SMILES string of the molecule is C[N+]1=CC(c2cc(C(=N)c3ccc(Br)c(N4CCN(CCS(C)(=O)=O)C(C)(C)C4)n3)c(N)cn2)=C1. The fourth-order valence-electron chi connectivity index (χ4n) is 4.39. The lowest BCUT2D eigenvalue weighted by molar-refractivity contribution is -0.423. The predicted octanol–water partition coefficient (Wildman–Crippen LogP) is 2.25. The Hall–Kier alpha value is -2.63. The van der Waals surface area contributed by atoms with Crippen LogP contribution >= 0.6 is 15.9 Å². The highest BCUT2D eigenvalue weighted by Gasteiger charge is 2.35. The van der Waals surface area contributed by atoms with E-state index in [1.165, 1.54) is 6.26 Å². The number of nitrogen functional groups attached to an aromatic ring is 1. The largest absolute Gasteiger partial charge is 0.397 e. The fraction of sp³-hybridized carbons (Fsp3) is 0.417. The number of sulfone groups is 1. The van der Waals surface area contributed by atoms with Crippen LogP contribution in [0.1, 0.15) is 30.8 Å². The van der Waals surface area contributed by atoms with Gasteiger partial charge in [-0.3, -0.25) is 15.3 Å². The maximum Gasteiger partial charge on any atom is 0.184 e. The number of piperazine rings is 1. The second kappa shape index (κ2) is 9.44. The molecular formula is C24H31BrN7O2S+. The third kappa shape index (κ3) is 5.62. The quantitative estimate of drug-likeness (QED) is 0.393. The number of halogens is 1. The molecule has 11 heteroatoms. The van der Waals surface area contributed by atoms with Crippen molar-refractivity contribution in [1.29, 1.82) is 5.41 Å². The van der Waals surface area contributed by atoms with Crippen molar-refractivity contribution in [2.24, 2.45) is 0 Å². The van der Waals surface area contributed by atoms with Crippen LogP contribution in [0.5, 0.6) is 0 Å². The van der Waals surface area contributed by atoms with E-state index in [9.17, 15) is 8.42 Å². The van der Waals surface area contributed by atoms with Gasteiger partial charge in [-0.2, -0.15) is 0 Å². The molecule has 9 nitrogen and oxygen atoms in total. The smallest absolute Gasteiger partial charge is 0.184 e. The summed E-state index contributed by atoms with van der Waals surface area (Å²) in [5, 5.41) is 8.86. The molecule has 0 spiro atoms. The van der Waals surface area contributed by atoms with Crippen LogP contribution in [-0.2, 0) is 9.84 Å². The number of allylic oxidation sites excluding steroid dienone is 1. The van der Waals surface area contributed by atoms with Gasteiger partial charge in [-0.05, 0) is 48.0 Å². The first-order chi connectivity index (χ1) is 16.3. The van der Waals surface area contributed by atoms with Gasteiger partial charge in [0.25, 0.3) is 0 Å². The van der Waals surface area contributed by atoms with Crippen molar-refractivity contribution in [3.63, 3.8) is 0 Å². The number of pyridine rings is 2. The van der Waals surface area contributed by atoms with Gasteiger partial charge in [-0.1, -0.05) is 0 Å². The van der Waals surface area contributed by atoms with Crippen LogP contribution in [0, 0.1) is 5.41 Å². The fourth-order valence-corrected chi connectivity index (χ4v) is 5.42. The van der Waals surface area contributed by atoms with Crippen molar-refractivity contribution in [2.75, 3.05) is 55.9 Å². The third-order valence-electron chi connectivity index (χ3n) is 6.37. The van der Waals surface area contributed by atoms with Gasteiger partial charge < -0.3 is 10.6 Å². The van der Waals surface area contributed by atoms with E-state index < -0.39 is 9.84 Å². The summed E-state index contributed by atoms with van der Waals surface area (Å²) in [6, 6.07) is 5.55. The molecule has 3 N–H and O–H groups in total. The van der Waals surface area contributed by atoms with Gasteiger partial charge in [-0.15, -0.1) is 0 Å². The van der Waals surface area contributed by atoms with Gasteiger partial charge >= 0.3 is 0 Å². The van der Waals surface area contributed by atoms with Crippen LogP contribution in [0.2, 0.25) is 0 Å². The number of nitrogens with two attached hydrogens (primary N) is 1. The monoisotopic (exact) mass is 560 g/mol. The summed E-state index contributed by atoms with van der Waals surface area (Å²) < 4.78 is 26.1. The second-order valence-electron chi connectivity index (χ2n) is 9.76. The lowest BCUT2D eigenvalue weighted by atomic mass is 9.98. The summed E-state index contributed by atoms with van der Waals surface area (Å²) in [4.78, 5) is 13.6. The number of anilines is 2. The molecular weight excluding hydrogens is 530 g/mol. The number of nitrogens with zero attached hydrogens (tertiary/aromatic N) is 5. The maximum atomic E-state index is 11.7. The van der Waals surface area contributed by atoms with Crippen LogP contribution in [0.3, 0.4) is 0 Å².